The highest BCUT2D eigenvalue weighted by atomic mass is 16.5. The predicted octanol–water partition coefficient (Wildman–Crippen LogP) is 2.43. The number of nitrogens with one attached hydrogen (secondary N) is 1. The van der Waals surface area contributed by atoms with Crippen molar-refractivity contribution in [2.45, 2.75) is 33.1 Å². The van der Waals surface area contributed by atoms with E-state index in [1.54, 1.807) is 7.11 Å². The van der Waals surface area contributed by atoms with Crippen LogP contribution in [-0.2, 0) is 14.9 Å². The molecule has 4 nitrogen and oxygen atoms in total. The molecule has 0 aliphatic heterocycles. The Morgan fingerprint density at radius 2 is 2.00 bits per heavy atom. The fourth-order valence-corrected chi connectivity index (χ4v) is 1.84. The monoisotopic (exact) mass is 279 g/mol. The highest BCUT2D eigenvalue weighted by Crippen LogP contribution is 2.32. The Hall–Kier alpha value is -1.55. The summed E-state index contributed by atoms with van der Waals surface area (Å²) in [5.41, 5.74) is 2.28. The van der Waals surface area contributed by atoms with Gasteiger partial charge in [-0.15, -0.1) is 0 Å². The fourth-order valence-electron chi connectivity index (χ4n) is 1.84. The SMILES string of the molecule is COCCNC(=O)COc1ccc(C)cc1C(C)(C)C. The van der Waals surface area contributed by atoms with Crippen LogP contribution in [0.4, 0.5) is 0 Å². The molecule has 0 bridgehead atoms. The summed E-state index contributed by atoms with van der Waals surface area (Å²) in [7, 11) is 1.60. The lowest BCUT2D eigenvalue weighted by Gasteiger charge is -2.23. The molecule has 0 saturated heterocycles. The molecule has 1 aromatic carbocycles. The third-order valence-corrected chi connectivity index (χ3v) is 2.93. The van der Waals surface area contributed by atoms with Crippen LogP contribution in [0.25, 0.3) is 0 Å². The Morgan fingerprint density at radius 1 is 1.30 bits per heavy atom. The van der Waals surface area contributed by atoms with Crippen molar-refractivity contribution < 1.29 is 14.3 Å². The second kappa shape index (κ2) is 7.29. The van der Waals surface area contributed by atoms with Gasteiger partial charge in [0, 0.05) is 13.7 Å². The number of hydrogen-bond donors (Lipinski definition) is 1. The number of methoxy groups -OCH3 is 1. The number of hydrogen-bond acceptors (Lipinski definition) is 3. The molecule has 0 aliphatic rings. The third-order valence-electron chi connectivity index (χ3n) is 2.93. The normalized spacial score (nSPS) is 11.2. The number of carbonyl (C=O) groups excluding carboxylic acids is 1. The topological polar surface area (TPSA) is 47.6 Å². The van der Waals surface area contributed by atoms with Crippen LogP contribution in [0.1, 0.15) is 31.9 Å². The van der Waals surface area contributed by atoms with Gasteiger partial charge in [-0.25, -0.2) is 0 Å². The van der Waals surface area contributed by atoms with Gasteiger partial charge in [0.05, 0.1) is 6.61 Å². The van der Waals surface area contributed by atoms with Crippen LogP contribution >= 0.6 is 0 Å². The van der Waals surface area contributed by atoms with Gasteiger partial charge in [-0.05, 0) is 24.0 Å². The fraction of sp³-hybridized carbons (Fsp3) is 0.562. The first-order valence-electron chi connectivity index (χ1n) is 6.84. The molecular weight excluding hydrogens is 254 g/mol. The molecule has 4 heteroatoms. The van der Waals surface area contributed by atoms with E-state index in [1.807, 2.05) is 12.1 Å². The average Bonchev–Trinajstić information content (AvgIpc) is 2.36. The number of amides is 1. The maximum Gasteiger partial charge on any atom is 0.258 e. The van der Waals surface area contributed by atoms with Crippen LogP contribution < -0.4 is 10.1 Å². The van der Waals surface area contributed by atoms with E-state index in [0.29, 0.717) is 13.2 Å². The van der Waals surface area contributed by atoms with Crippen molar-refractivity contribution >= 4 is 5.91 Å². The Balaban J connectivity index is 2.66. The average molecular weight is 279 g/mol. The minimum absolute atomic E-state index is 0.0200. The molecule has 0 aromatic heterocycles. The van der Waals surface area contributed by atoms with Crippen LogP contribution in [0.15, 0.2) is 18.2 Å². The molecule has 1 N–H and O–H groups in total. The molecule has 20 heavy (non-hydrogen) atoms. The third kappa shape index (κ3) is 5.21. The van der Waals surface area contributed by atoms with Gasteiger partial charge >= 0.3 is 0 Å². The number of benzene rings is 1. The predicted molar refractivity (Wildman–Crippen MR) is 80.3 cm³/mol. The molecule has 1 aromatic rings. The van der Waals surface area contributed by atoms with Crippen molar-refractivity contribution in [1.29, 1.82) is 0 Å². The second-order valence-electron chi connectivity index (χ2n) is 5.88. The summed E-state index contributed by atoms with van der Waals surface area (Å²) in [5, 5.41) is 2.73. The van der Waals surface area contributed by atoms with E-state index < -0.39 is 0 Å². The lowest BCUT2D eigenvalue weighted by molar-refractivity contribution is -0.123. The molecule has 0 aliphatic carbocycles. The van der Waals surface area contributed by atoms with E-state index in [0.717, 1.165) is 11.3 Å². The van der Waals surface area contributed by atoms with Gasteiger partial charge in [-0.2, -0.15) is 0 Å². The molecular formula is C16H25NO3. The van der Waals surface area contributed by atoms with Crippen LogP contribution in [0, 0.1) is 6.92 Å². The van der Waals surface area contributed by atoms with Gasteiger partial charge in [0.25, 0.3) is 5.91 Å². The van der Waals surface area contributed by atoms with Gasteiger partial charge in [-0.3, -0.25) is 4.79 Å². The highest BCUT2D eigenvalue weighted by molar-refractivity contribution is 5.77. The number of aryl methyl sites for hydroxylation is 1. The van der Waals surface area contributed by atoms with Gasteiger partial charge in [-0.1, -0.05) is 38.5 Å². The van der Waals surface area contributed by atoms with Crippen molar-refractivity contribution in [3.05, 3.63) is 29.3 Å². The lowest BCUT2D eigenvalue weighted by atomic mass is 9.85. The van der Waals surface area contributed by atoms with Crippen LogP contribution in [0.5, 0.6) is 5.75 Å². The standard InChI is InChI=1S/C16H25NO3/c1-12-6-7-14(13(10-12)16(2,3)4)20-11-15(18)17-8-9-19-5/h6-7,10H,8-9,11H2,1-5H3,(H,17,18). The van der Waals surface area contributed by atoms with Gasteiger partial charge in [0.2, 0.25) is 0 Å². The van der Waals surface area contributed by atoms with Crippen LogP contribution in [0.2, 0.25) is 0 Å². The lowest BCUT2D eigenvalue weighted by Crippen LogP contribution is -2.31. The number of ether oxygens (including phenoxy) is 2. The first-order chi connectivity index (χ1) is 9.34. The first-order valence-corrected chi connectivity index (χ1v) is 6.84. The van der Waals surface area contributed by atoms with Crippen molar-refractivity contribution in [2.75, 3.05) is 26.9 Å². The van der Waals surface area contributed by atoms with E-state index in [9.17, 15) is 4.79 Å². The van der Waals surface area contributed by atoms with Crippen molar-refractivity contribution in [3.63, 3.8) is 0 Å². The van der Waals surface area contributed by atoms with Gasteiger partial charge < -0.3 is 14.8 Å². The van der Waals surface area contributed by atoms with E-state index in [1.165, 1.54) is 5.56 Å². The Morgan fingerprint density at radius 3 is 2.60 bits per heavy atom. The summed E-state index contributed by atoms with van der Waals surface area (Å²) < 4.78 is 10.5. The minimum Gasteiger partial charge on any atom is -0.483 e. The molecule has 112 valence electrons. The highest BCUT2D eigenvalue weighted by Gasteiger charge is 2.19. The molecule has 1 amide bonds. The largest absolute Gasteiger partial charge is 0.483 e. The second-order valence-corrected chi connectivity index (χ2v) is 5.88. The quantitative estimate of drug-likeness (QED) is 0.814. The van der Waals surface area contributed by atoms with E-state index in [4.69, 9.17) is 9.47 Å². The Kier molecular flexibility index (Phi) is 6.02. The Bertz CT molecular complexity index is 450. The zero-order valence-electron chi connectivity index (χ0n) is 13.1. The first kappa shape index (κ1) is 16.5. The maximum absolute atomic E-state index is 11.6. The van der Waals surface area contributed by atoms with Crippen molar-refractivity contribution in [2.24, 2.45) is 0 Å². The summed E-state index contributed by atoms with van der Waals surface area (Å²) in [4.78, 5) is 11.6. The zero-order chi connectivity index (χ0) is 15.2. The molecule has 1 rings (SSSR count). The molecule has 0 unspecified atom stereocenters. The molecule has 0 heterocycles. The van der Waals surface area contributed by atoms with Gasteiger partial charge in [0.15, 0.2) is 6.61 Å². The van der Waals surface area contributed by atoms with Gasteiger partial charge in [0.1, 0.15) is 5.75 Å². The molecule has 0 fully saturated rings. The molecule has 0 radical (unpaired) electrons. The van der Waals surface area contributed by atoms with E-state index in [2.05, 4.69) is 39.1 Å². The van der Waals surface area contributed by atoms with Crippen molar-refractivity contribution in [3.8, 4) is 5.75 Å². The zero-order valence-corrected chi connectivity index (χ0v) is 13.1. The molecule has 0 spiro atoms. The number of rotatable bonds is 6. The maximum atomic E-state index is 11.6. The number of carbonyl (C=O) groups is 1. The molecule has 0 atom stereocenters. The van der Waals surface area contributed by atoms with Crippen LogP contribution in [-0.4, -0.2) is 32.8 Å². The molecule has 0 saturated carbocycles. The summed E-state index contributed by atoms with van der Waals surface area (Å²) >= 11 is 0. The summed E-state index contributed by atoms with van der Waals surface area (Å²) in [6, 6.07) is 6.03. The summed E-state index contributed by atoms with van der Waals surface area (Å²) in [6.45, 7) is 9.47. The van der Waals surface area contributed by atoms with E-state index >= 15 is 0 Å². The Labute approximate surface area is 121 Å². The van der Waals surface area contributed by atoms with E-state index in [-0.39, 0.29) is 17.9 Å². The van der Waals surface area contributed by atoms with Crippen molar-refractivity contribution in [1.82, 2.24) is 5.32 Å². The summed E-state index contributed by atoms with van der Waals surface area (Å²) in [6.07, 6.45) is 0. The summed E-state index contributed by atoms with van der Waals surface area (Å²) in [5.74, 6) is 0.632. The van der Waals surface area contributed by atoms with Crippen LogP contribution in [0.3, 0.4) is 0 Å². The smallest absolute Gasteiger partial charge is 0.258 e. The minimum atomic E-state index is -0.137.